The molecule has 3 nitrogen and oxygen atoms in total. The van der Waals surface area contributed by atoms with Gasteiger partial charge in [0, 0.05) is 10.0 Å². The molecule has 0 saturated heterocycles. The SMILES string of the molecule is Fc1ccc(-n2ncc3c(C(F)(F)F)cc(-c4ccc(Br)cc4)nc32)cc1. The van der Waals surface area contributed by atoms with Gasteiger partial charge in [-0.25, -0.2) is 14.1 Å². The van der Waals surface area contributed by atoms with Crippen LogP contribution >= 0.6 is 15.9 Å². The molecular formula is C19H10BrF4N3. The molecule has 0 saturated carbocycles. The van der Waals surface area contributed by atoms with E-state index in [1.54, 1.807) is 24.3 Å². The summed E-state index contributed by atoms with van der Waals surface area (Å²) in [6.07, 6.45) is -3.44. The van der Waals surface area contributed by atoms with E-state index in [2.05, 4.69) is 26.0 Å². The van der Waals surface area contributed by atoms with Gasteiger partial charge in [-0.15, -0.1) is 0 Å². The quantitative estimate of drug-likeness (QED) is 0.361. The highest BCUT2D eigenvalue weighted by Crippen LogP contribution is 2.37. The molecule has 0 radical (unpaired) electrons. The zero-order valence-corrected chi connectivity index (χ0v) is 15.1. The molecule has 0 aliphatic carbocycles. The molecule has 0 spiro atoms. The van der Waals surface area contributed by atoms with E-state index in [0.29, 0.717) is 11.3 Å². The molecule has 0 bridgehead atoms. The van der Waals surface area contributed by atoms with Gasteiger partial charge in [0.1, 0.15) is 5.82 Å². The van der Waals surface area contributed by atoms with Gasteiger partial charge in [0.2, 0.25) is 0 Å². The minimum Gasteiger partial charge on any atom is -0.228 e. The van der Waals surface area contributed by atoms with E-state index in [1.807, 2.05) is 0 Å². The minimum absolute atomic E-state index is 0.0503. The van der Waals surface area contributed by atoms with E-state index in [4.69, 9.17) is 0 Å². The smallest absolute Gasteiger partial charge is 0.228 e. The lowest BCUT2D eigenvalue weighted by atomic mass is 10.1. The van der Waals surface area contributed by atoms with Crippen molar-refractivity contribution < 1.29 is 17.6 Å². The molecule has 0 aliphatic heterocycles. The fourth-order valence-electron chi connectivity index (χ4n) is 2.77. The van der Waals surface area contributed by atoms with Crippen LogP contribution in [0.1, 0.15) is 5.56 Å². The molecule has 2 aromatic heterocycles. The van der Waals surface area contributed by atoms with Crippen molar-refractivity contribution in [3.05, 3.63) is 76.6 Å². The zero-order valence-electron chi connectivity index (χ0n) is 13.5. The Morgan fingerprint density at radius 3 is 2.22 bits per heavy atom. The van der Waals surface area contributed by atoms with E-state index in [-0.39, 0.29) is 16.7 Å². The van der Waals surface area contributed by atoms with Crippen molar-refractivity contribution in [2.75, 3.05) is 0 Å². The maximum Gasteiger partial charge on any atom is 0.417 e. The number of pyridine rings is 1. The van der Waals surface area contributed by atoms with Crippen LogP contribution < -0.4 is 0 Å². The summed E-state index contributed by atoms with van der Waals surface area (Å²) in [6.45, 7) is 0. The van der Waals surface area contributed by atoms with Crippen molar-refractivity contribution in [1.82, 2.24) is 14.8 Å². The topological polar surface area (TPSA) is 30.7 Å². The Labute approximate surface area is 159 Å². The lowest BCUT2D eigenvalue weighted by Crippen LogP contribution is -2.07. The predicted octanol–water partition coefficient (Wildman–Crippen LogP) is 6.01. The summed E-state index contributed by atoms with van der Waals surface area (Å²) in [5.74, 6) is -0.449. The molecule has 8 heteroatoms. The fraction of sp³-hybridized carbons (Fsp3) is 0.0526. The van der Waals surface area contributed by atoms with Crippen molar-refractivity contribution in [3.8, 4) is 16.9 Å². The van der Waals surface area contributed by atoms with Crippen molar-refractivity contribution in [2.45, 2.75) is 6.18 Å². The standard InChI is InChI=1S/C19H10BrF4N3/c20-12-3-1-11(2-4-12)17-9-16(19(22,23)24)15-10-25-27(18(15)26-17)14-7-5-13(21)6-8-14/h1-10H. The second-order valence-electron chi connectivity index (χ2n) is 5.83. The Bertz CT molecular complexity index is 1120. The molecule has 0 fully saturated rings. The van der Waals surface area contributed by atoms with Gasteiger partial charge in [-0.3, -0.25) is 0 Å². The van der Waals surface area contributed by atoms with Crippen molar-refractivity contribution in [2.24, 2.45) is 0 Å². The van der Waals surface area contributed by atoms with E-state index in [0.717, 1.165) is 16.7 Å². The van der Waals surface area contributed by atoms with Crippen LogP contribution in [0.15, 0.2) is 65.3 Å². The highest BCUT2D eigenvalue weighted by Gasteiger charge is 2.34. The molecule has 136 valence electrons. The average Bonchev–Trinajstić information content (AvgIpc) is 3.05. The third kappa shape index (κ3) is 3.32. The van der Waals surface area contributed by atoms with Crippen LogP contribution in [0.25, 0.3) is 28.0 Å². The lowest BCUT2D eigenvalue weighted by Gasteiger charge is -2.11. The second-order valence-corrected chi connectivity index (χ2v) is 6.75. The Hall–Kier alpha value is -2.74. The van der Waals surface area contributed by atoms with Crippen LogP contribution in [0.4, 0.5) is 17.6 Å². The highest BCUT2D eigenvalue weighted by molar-refractivity contribution is 9.10. The summed E-state index contributed by atoms with van der Waals surface area (Å²) >= 11 is 3.30. The molecule has 4 aromatic rings. The number of nitrogens with zero attached hydrogens (tertiary/aromatic N) is 3. The van der Waals surface area contributed by atoms with E-state index >= 15 is 0 Å². The predicted molar refractivity (Wildman–Crippen MR) is 97.0 cm³/mol. The largest absolute Gasteiger partial charge is 0.417 e. The Morgan fingerprint density at radius 2 is 1.59 bits per heavy atom. The number of fused-ring (bicyclic) bond motifs is 1. The normalized spacial score (nSPS) is 11.9. The Morgan fingerprint density at radius 1 is 0.926 bits per heavy atom. The Kier molecular flexibility index (Phi) is 4.22. The van der Waals surface area contributed by atoms with Crippen molar-refractivity contribution in [1.29, 1.82) is 0 Å². The molecule has 27 heavy (non-hydrogen) atoms. The van der Waals surface area contributed by atoms with Gasteiger partial charge in [0.25, 0.3) is 0 Å². The zero-order chi connectivity index (χ0) is 19.2. The number of alkyl halides is 3. The molecule has 0 atom stereocenters. The fourth-order valence-corrected chi connectivity index (χ4v) is 3.04. The summed E-state index contributed by atoms with van der Waals surface area (Å²) in [4.78, 5) is 4.40. The molecule has 0 amide bonds. The number of hydrogen-bond donors (Lipinski definition) is 0. The monoisotopic (exact) mass is 435 g/mol. The molecule has 4 rings (SSSR count). The van der Waals surface area contributed by atoms with Gasteiger partial charge in [0.15, 0.2) is 5.65 Å². The Balaban J connectivity index is 1.99. The molecule has 0 N–H and O–H groups in total. The summed E-state index contributed by atoms with van der Waals surface area (Å²) in [5, 5.41) is 3.92. The van der Waals surface area contributed by atoms with E-state index in [9.17, 15) is 17.6 Å². The number of hydrogen-bond acceptors (Lipinski definition) is 2. The van der Waals surface area contributed by atoms with Gasteiger partial charge in [-0.05, 0) is 42.5 Å². The maximum atomic E-state index is 13.6. The first-order valence-corrected chi connectivity index (χ1v) is 8.60. The van der Waals surface area contributed by atoms with Crippen LogP contribution in [0.5, 0.6) is 0 Å². The number of rotatable bonds is 2. The van der Waals surface area contributed by atoms with Crippen LogP contribution in [0.2, 0.25) is 0 Å². The summed E-state index contributed by atoms with van der Waals surface area (Å²) < 4.78 is 56.1. The lowest BCUT2D eigenvalue weighted by molar-refractivity contribution is -0.136. The van der Waals surface area contributed by atoms with Gasteiger partial charge in [-0.1, -0.05) is 28.1 Å². The van der Waals surface area contributed by atoms with Gasteiger partial charge >= 0.3 is 6.18 Å². The second kappa shape index (κ2) is 6.45. The summed E-state index contributed by atoms with van der Waals surface area (Å²) in [6, 6.07) is 13.1. The van der Waals surface area contributed by atoms with Gasteiger partial charge in [0.05, 0.1) is 28.5 Å². The first-order chi connectivity index (χ1) is 12.8. The van der Waals surface area contributed by atoms with Crippen LogP contribution in [0.3, 0.4) is 0 Å². The number of halogens is 5. The van der Waals surface area contributed by atoms with Crippen LogP contribution in [-0.4, -0.2) is 14.8 Å². The summed E-state index contributed by atoms with van der Waals surface area (Å²) in [5.41, 5.74) is 0.358. The minimum atomic E-state index is -4.57. The van der Waals surface area contributed by atoms with E-state index in [1.165, 1.54) is 28.9 Å². The van der Waals surface area contributed by atoms with Crippen molar-refractivity contribution in [3.63, 3.8) is 0 Å². The number of benzene rings is 2. The highest BCUT2D eigenvalue weighted by atomic mass is 79.9. The van der Waals surface area contributed by atoms with Crippen molar-refractivity contribution >= 4 is 27.0 Å². The third-order valence-electron chi connectivity index (χ3n) is 4.06. The van der Waals surface area contributed by atoms with Gasteiger partial charge < -0.3 is 0 Å². The molecule has 0 unspecified atom stereocenters. The maximum absolute atomic E-state index is 13.6. The first kappa shape index (κ1) is 17.7. The molecule has 2 heterocycles. The van der Waals surface area contributed by atoms with Gasteiger partial charge in [-0.2, -0.15) is 18.3 Å². The molecule has 0 aliphatic rings. The number of aromatic nitrogens is 3. The third-order valence-corrected chi connectivity index (χ3v) is 4.59. The summed E-state index contributed by atoms with van der Waals surface area (Å²) in [7, 11) is 0. The van der Waals surface area contributed by atoms with E-state index < -0.39 is 17.6 Å². The van der Waals surface area contributed by atoms with Crippen LogP contribution in [0, 0.1) is 5.82 Å². The van der Waals surface area contributed by atoms with Crippen LogP contribution in [-0.2, 0) is 6.18 Å². The molecular weight excluding hydrogens is 426 g/mol. The first-order valence-electron chi connectivity index (χ1n) is 7.81. The average molecular weight is 436 g/mol. The molecule has 2 aromatic carbocycles.